The van der Waals surface area contributed by atoms with Crippen molar-refractivity contribution in [2.45, 2.75) is 6.92 Å². The Morgan fingerprint density at radius 3 is 2.92 bits per heavy atom. The van der Waals surface area contributed by atoms with E-state index in [1.807, 2.05) is 28.8 Å². The second-order valence-corrected chi connectivity index (χ2v) is 7.19. The van der Waals surface area contributed by atoms with Crippen molar-refractivity contribution in [3.8, 4) is 17.0 Å². The van der Waals surface area contributed by atoms with Crippen LogP contribution in [0.4, 0.5) is 0 Å². The quantitative estimate of drug-likeness (QED) is 0.429. The summed E-state index contributed by atoms with van der Waals surface area (Å²) in [6, 6.07) is 13.6. The van der Waals surface area contributed by atoms with Crippen molar-refractivity contribution >= 4 is 37.5 Å². The number of hydrogen-bond acceptors (Lipinski definition) is 5. The number of thiazole rings is 1. The summed E-state index contributed by atoms with van der Waals surface area (Å²) in [7, 11) is 1.55. The summed E-state index contributed by atoms with van der Waals surface area (Å²) in [4.78, 5) is 18.0. The van der Waals surface area contributed by atoms with Crippen molar-refractivity contribution in [2.75, 3.05) is 7.11 Å². The molecule has 0 unspecified atom stereocenters. The van der Waals surface area contributed by atoms with Crippen LogP contribution in [-0.2, 0) is 0 Å². The third-order valence-corrected chi connectivity index (χ3v) is 5.49. The maximum Gasteiger partial charge on any atom is 0.345 e. The Labute approximate surface area is 152 Å². The van der Waals surface area contributed by atoms with Crippen LogP contribution in [0.1, 0.15) is 5.56 Å². The molecular formula is C20H14N2O3S. The highest BCUT2D eigenvalue weighted by atomic mass is 32.1. The van der Waals surface area contributed by atoms with Gasteiger partial charge < -0.3 is 9.15 Å². The molecule has 2 aromatic carbocycles. The number of ether oxygens (including phenoxy) is 1. The molecule has 3 aromatic heterocycles. The zero-order valence-corrected chi connectivity index (χ0v) is 15.0. The van der Waals surface area contributed by atoms with Crippen molar-refractivity contribution in [3.05, 3.63) is 64.6 Å². The molecular weight excluding hydrogens is 348 g/mol. The molecule has 0 N–H and O–H groups in total. The first-order valence-electron chi connectivity index (χ1n) is 8.13. The van der Waals surface area contributed by atoms with Crippen LogP contribution in [-0.4, -0.2) is 16.5 Å². The largest absolute Gasteiger partial charge is 0.493 e. The lowest BCUT2D eigenvalue weighted by Gasteiger charge is -2.04. The predicted molar refractivity (Wildman–Crippen MR) is 103 cm³/mol. The van der Waals surface area contributed by atoms with Gasteiger partial charge in [-0.25, -0.2) is 9.78 Å². The zero-order valence-electron chi connectivity index (χ0n) is 14.1. The lowest BCUT2D eigenvalue weighted by Crippen LogP contribution is -2.03. The van der Waals surface area contributed by atoms with Crippen molar-refractivity contribution in [1.82, 2.24) is 9.38 Å². The van der Waals surface area contributed by atoms with Crippen LogP contribution < -0.4 is 10.4 Å². The summed E-state index contributed by atoms with van der Waals surface area (Å²) in [5.41, 5.74) is 3.38. The molecule has 0 fully saturated rings. The summed E-state index contributed by atoms with van der Waals surface area (Å²) >= 11 is 1.61. The fourth-order valence-electron chi connectivity index (χ4n) is 3.20. The van der Waals surface area contributed by atoms with E-state index in [1.165, 1.54) is 10.3 Å². The number of para-hydroxylation sites is 1. The van der Waals surface area contributed by atoms with Gasteiger partial charge in [-0.2, -0.15) is 0 Å². The smallest absolute Gasteiger partial charge is 0.345 e. The SMILES string of the molecule is COc1cccc2cc(-c3cn4c(n3)sc3cc(C)ccc34)c(=O)oc12. The maximum absolute atomic E-state index is 12.5. The van der Waals surface area contributed by atoms with Crippen molar-refractivity contribution in [1.29, 1.82) is 0 Å². The van der Waals surface area contributed by atoms with Gasteiger partial charge in [-0.3, -0.25) is 4.40 Å². The molecule has 128 valence electrons. The Kier molecular flexibility index (Phi) is 3.17. The van der Waals surface area contributed by atoms with Gasteiger partial charge in [0.2, 0.25) is 0 Å². The molecule has 5 nitrogen and oxygen atoms in total. The Morgan fingerprint density at radius 1 is 1.19 bits per heavy atom. The number of hydrogen-bond donors (Lipinski definition) is 0. The highest BCUT2D eigenvalue weighted by molar-refractivity contribution is 7.23. The topological polar surface area (TPSA) is 56.7 Å². The van der Waals surface area contributed by atoms with E-state index in [0.717, 1.165) is 15.9 Å². The van der Waals surface area contributed by atoms with Gasteiger partial charge in [0.15, 0.2) is 16.3 Å². The number of benzene rings is 2. The summed E-state index contributed by atoms with van der Waals surface area (Å²) in [6.07, 6.45) is 1.89. The van der Waals surface area contributed by atoms with Gasteiger partial charge in [-0.05, 0) is 36.8 Å². The lowest BCUT2D eigenvalue weighted by atomic mass is 10.1. The molecule has 26 heavy (non-hydrogen) atoms. The van der Waals surface area contributed by atoms with E-state index in [4.69, 9.17) is 9.15 Å². The van der Waals surface area contributed by atoms with Crippen LogP contribution in [0.2, 0.25) is 0 Å². The molecule has 0 bridgehead atoms. The van der Waals surface area contributed by atoms with E-state index in [-0.39, 0.29) is 0 Å². The fourth-order valence-corrected chi connectivity index (χ4v) is 4.30. The van der Waals surface area contributed by atoms with E-state index in [1.54, 1.807) is 24.5 Å². The van der Waals surface area contributed by atoms with Gasteiger partial charge >= 0.3 is 5.63 Å². The molecule has 5 rings (SSSR count). The number of nitrogens with zero attached hydrogens (tertiary/aromatic N) is 2. The van der Waals surface area contributed by atoms with Gasteiger partial charge in [-0.15, -0.1) is 0 Å². The Hall–Kier alpha value is -3.12. The molecule has 0 atom stereocenters. The molecule has 0 saturated carbocycles. The maximum atomic E-state index is 12.5. The third kappa shape index (κ3) is 2.16. The predicted octanol–water partition coefficient (Wildman–Crippen LogP) is 4.64. The molecule has 0 spiro atoms. The lowest BCUT2D eigenvalue weighted by molar-refractivity contribution is 0.407. The minimum absolute atomic E-state index is 0.423. The summed E-state index contributed by atoms with van der Waals surface area (Å²) in [5, 5.41) is 0.802. The summed E-state index contributed by atoms with van der Waals surface area (Å²) in [5.74, 6) is 0.540. The van der Waals surface area contributed by atoms with Crippen LogP contribution in [0.25, 0.3) is 37.4 Å². The van der Waals surface area contributed by atoms with Crippen molar-refractivity contribution in [3.63, 3.8) is 0 Å². The van der Waals surface area contributed by atoms with Gasteiger partial charge in [0.25, 0.3) is 0 Å². The first-order valence-corrected chi connectivity index (χ1v) is 8.95. The number of methoxy groups -OCH3 is 1. The second-order valence-electron chi connectivity index (χ2n) is 6.18. The minimum Gasteiger partial charge on any atom is -0.493 e. The van der Waals surface area contributed by atoms with Crippen LogP contribution >= 0.6 is 11.3 Å². The van der Waals surface area contributed by atoms with Crippen LogP contribution in [0.15, 0.2) is 57.9 Å². The molecule has 3 heterocycles. The van der Waals surface area contributed by atoms with E-state index < -0.39 is 5.63 Å². The summed E-state index contributed by atoms with van der Waals surface area (Å²) < 4.78 is 14.0. The molecule has 0 saturated heterocycles. The van der Waals surface area contributed by atoms with E-state index >= 15 is 0 Å². The summed E-state index contributed by atoms with van der Waals surface area (Å²) in [6.45, 7) is 2.07. The molecule has 0 aliphatic heterocycles. The van der Waals surface area contributed by atoms with E-state index in [9.17, 15) is 4.79 Å². The normalized spacial score (nSPS) is 11.6. The average Bonchev–Trinajstić information content (AvgIpc) is 3.17. The molecule has 0 amide bonds. The Balaban J connectivity index is 1.74. The Bertz CT molecular complexity index is 1360. The monoisotopic (exact) mass is 362 g/mol. The second kappa shape index (κ2) is 5.44. The van der Waals surface area contributed by atoms with Crippen LogP contribution in [0.5, 0.6) is 5.75 Å². The molecule has 0 aliphatic carbocycles. The van der Waals surface area contributed by atoms with Gasteiger partial charge in [-0.1, -0.05) is 29.5 Å². The molecule has 0 radical (unpaired) electrons. The first-order chi connectivity index (χ1) is 12.6. The number of rotatable bonds is 2. The van der Waals surface area contributed by atoms with Gasteiger partial charge in [0, 0.05) is 11.6 Å². The van der Waals surface area contributed by atoms with E-state index in [0.29, 0.717) is 22.6 Å². The standard InChI is InChI=1S/C20H14N2O3S/c1-11-6-7-15-17(8-11)26-20-21-14(10-22(15)20)13-9-12-4-3-5-16(24-2)18(12)25-19(13)23/h3-10H,1-2H3. The fraction of sp³-hybridized carbons (Fsp3) is 0.100. The molecule has 5 aromatic rings. The highest BCUT2D eigenvalue weighted by Crippen LogP contribution is 2.31. The highest BCUT2D eigenvalue weighted by Gasteiger charge is 2.15. The van der Waals surface area contributed by atoms with Gasteiger partial charge in [0.05, 0.1) is 28.6 Å². The number of fused-ring (bicyclic) bond motifs is 4. The van der Waals surface area contributed by atoms with Crippen LogP contribution in [0, 0.1) is 6.92 Å². The van der Waals surface area contributed by atoms with Crippen LogP contribution in [0.3, 0.4) is 0 Å². The molecule has 6 heteroatoms. The number of aryl methyl sites for hydroxylation is 1. The minimum atomic E-state index is -0.423. The Morgan fingerprint density at radius 2 is 2.08 bits per heavy atom. The van der Waals surface area contributed by atoms with Crippen molar-refractivity contribution in [2.24, 2.45) is 0 Å². The number of aromatic nitrogens is 2. The van der Waals surface area contributed by atoms with Gasteiger partial charge in [0.1, 0.15) is 0 Å². The third-order valence-electron chi connectivity index (χ3n) is 4.47. The first kappa shape index (κ1) is 15.2. The molecule has 0 aliphatic rings. The van der Waals surface area contributed by atoms with Crippen molar-refractivity contribution < 1.29 is 9.15 Å². The number of imidazole rings is 1. The zero-order chi connectivity index (χ0) is 17.8. The van der Waals surface area contributed by atoms with E-state index in [2.05, 4.69) is 30.1 Å². The average molecular weight is 362 g/mol.